The van der Waals surface area contributed by atoms with Gasteiger partial charge in [0.15, 0.2) is 0 Å². The zero-order valence-electron chi connectivity index (χ0n) is 14.0. The quantitative estimate of drug-likeness (QED) is 0.774. The van der Waals surface area contributed by atoms with E-state index in [4.69, 9.17) is 4.74 Å². The van der Waals surface area contributed by atoms with Crippen LogP contribution in [0.3, 0.4) is 0 Å². The number of halogens is 1. The average Bonchev–Trinajstić information content (AvgIpc) is 3.14. The molecule has 0 radical (unpaired) electrons. The molecule has 2 fully saturated rings. The summed E-state index contributed by atoms with van der Waals surface area (Å²) in [6, 6.07) is 6.60. The van der Waals surface area contributed by atoms with E-state index in [1.165, 1.54) is 4.31 Å². The minimum atomic E-state index is -3.56. The van der Waals surface area contributed by atoms with E-state index in [0.717, 1.165) is 23.9 Å². The summed E-state index contributed by atoms with van der Waals surface area (Å²) in [6.07, 6.45) is 2.38. The van der Waals surface area contributed by atoms with E-state index < -0.39 is 10.0 Å². The molecule has 1 aromatic rings. The molecular formula is C17H23BrN2O4S. The van der Waals surface area contributed by atoms with Crippen LogP contribution < -0.4 is 5.32 Å². The molecule has 6 nitrogen and oxygen atoms in total. The molecule has 0 aromatic heterocycles. The van der Waals surface area contributed by atoms with Crippen LogP contribution >= 0.6 is 15.9 Å². The highest BCUT2D eigenvalue weighted by Crippen LogP contribution is 2.25. The summed E-state index contributed by atoms with van der Waals surface area (Å²) in [4.78, 5) is 12.7. The molecule has 2 saturated heterocycles. The Hall–Kier alpha value is -0.960. The van der Waals surface area contributed by atoms with Gasteiger partial charge in [-0.15, -0.1) is 0 Å². The monoisotopic (exact) mass is 430 g/mol. The molecule has 138 valence electrons. The second-order valence-corrected chi connectivity index (χ2v) is 9.48. The Balaban J connectivity index is 1.61. The molecule has 1 amide bonds. The molecule has 8 heteroatoms. The number of nitrogens with one attached hydrogen (secondary N) is 1. The first-order valence-electron chi connectivity index (χ1n) is 8.58. The molecular weight excluding hydrogens is 408 g/mol. The number of benzene rings is 1. The van der Waals surface area contributed by atoms with E-state index in [-0.39, 0.29) is 23.3 Å². The summed E-state index contributed by atoms with van der Waals surface area (Å²) in [5.41, 5.74) is 0. The van der Waals surface area contributed by atoms with Gasteiger partial charge in [-0.3, -0.25) is 4.79 Å². The molecule has 0 aliphatic carbocycles. The molecule has 2 unspecified atom stereocenters. The SMILES string of the molecule is O=C(NCC1CCOC1)C1CCCN(S(=O)(=O)c2ccc(Br)cc2)C1. The number of ether oxygens (including phenoxy) is 1. The van der Waals surface area contributed by atoms with Gasteiger partial charge < -0.3 is 10.1 Å². The molecule has 0 saturated carbocycles. The van der Waals surface area contributed by atoms with E-state index in [2.05, 4.69) is 21.2 Å². The summed E-state index contributed by atoms with van der Waals surface area (Å²) in [5, 5.41) is 2.97. The maximum atomic E-state index is 12.8. The van der Waals surface area contributed by atoms with E-state index >= 15 is 0 Å². The van der Waals surface area contributed by atoms with Crippen LogP contribution in [0.4, 0.5) is 0 Å². The fraction of sp³-hybridized carbons (Fsp3) is 0.588. The van der Waals surface area contributed by atoms with Crippen molar-refractivity contribution >= 4 is 31.9 Å². The zero-order chi connectivity index (χ0) is 17.9. The summed E-state index contributed by atoms with van der Waals surface area (Å²) >= 11 is 3.31. The van der Waals surface area contributed by atoms with Gasteiger partial charge in [0.1, 0.15) is 0 Å². The van der Waals surface area contributed by atoms with Gasteiger partial charge in [0.2, 0.25) is 15.9 Å². The highest BCUT2D eigenvalue weighted by Gasteiger charge is 2.33. The molecule has 1 N–H and O–H groups in total. The van der Waals surface area contributed by atoms with E-state index in [1.54, 1.807) is 24.3 Å². The van der Waals surface area contributed by atoms with Crippen molar-refractivity contribution in [3.63, 3.8) is 0 Å². The minimum Gasteiger partial charge on any atom is -0.381 e. The summed E-state index contributed by atoms with van der Waals surface area (Å²) in [7, 11) is -3.56. The predicted octanol–water partition coefficient (Wildman–Crippen LogP) is 2.00. The van der Waals surface area contributed by atoms with Gasteiger partial charge in [0.05, 0.1) is 17.4 Å². The standard InChI is InChI=1S/C17H23BrN2O4S/c18-15-3-5-16(6-4-15)25(22,23)20-8-1-2-14(11-20)17(21)19-10-13-7-9-24-12-13/h3-6,13-14H,1-2,7-12H2,(H,19,21). The van der Waals surface area contributed by atoms with Crippen molar-refractivity contribution in [3.8, 4) is 0 Å². The summed E-state index contributed by atoms with van der Waals surface area (Å²) in [5.74, 6) is 0.0269. The number of carbonyl (C=O) groups is 1. The lowest BCUT2D eigenvalue weighted by molar-refractivity contribution is -0.126. The van der Waals surface area contributed by atoms with Crippen molar-refractivity contribution in [3.05, 3.63) is 28.7 Å². The van der Waals surface area contributed by atoms with Crippen molar-refractivity contribution < 1.29 is 17.9 Å². The lowest BCUT2D eigenvalue weighted by atomic mass is 9.98. The van der Waals surface area contributed by atoms with Crippen LogP contribution in [0.25, 0.3) is 0 Å². The summed E-state index contributed by atoms with van der Waals surface area (Å²) in [6.45, 7) is 2.75. The number of nitrogens with zero attached hydrogens (tertiary/aromatic N) is 1. The minimum absolute atomic E-state index is 0.0531. The number of hydrogen-bond acceptors (Lipinski definition) is 4. The Morgan fingerprint density at radius 3 is 2.72 bits per heavy atom. The normalized spacial score (nSPS) is 25.0. The van der Waals surface area contributed by atoms with Gasteiger partial charge in [-0.25, -0.2) is 8.42 Å². The van der Waals surface area contributed by atoms with E-state index in [1.807, 2.05) is 0 Å². The highest BCUT2D eigenvalue weighted by atomic mass is 79.9. The van der Waals surface area contributed by atoms with Gasteiger partial charge in [-0.1, -0.05) is 15.9 Å². The van der Waals surface area contributed by atoms with Crippen molar-refractivity contribution in [2.75, 3.05) is 32.8 Å². The third-order valence-corrected chi connectivity index (χ3v) is 7.20. The highest BCUT2D eigenvalue weighted by molar-refractivity contribution is 9.10. The van der Waals surface area contributed by atoms with Gasteiger partial charge >= 0.3 is 0 Å². The van der Waals surface area contributed by atoms with E-state index in [9.17, 15) is 13.2 Å². The van der Waals surface area contributed by atoms with Crippen LogP contribution in [-0.2, 0) is 19.6 Å². The van der Waals surface area contributed by atoms with Crippen molar-refractivity contribution in [2.24, 2.45) is 11.8 Å². The Kier molecular flexibility index (Phi) is 6.14. The Morgan fingerprint density at radius 1 is 1.28 bits per heavy atom. The molecule has 2 heterocycles. The second-order valence-electron chi connectivity index (χ2n) is 6.63. The lowest BCUT2D eigenvalue weighted by Crippen LogP contribution is -2.46. The molecule has 3 rings (SSSR count). The van der Waals surface area contributed by atoms with Gasteiger partial charge in [0.25, 0.3) is 0 Å². The Labute approximate surface area is 157 Å². The van der Waals surface area contributed by atoms with Crippen LogP contribution in [0.15, 0.2) is 33.6 Å². The first-order chi connectivity index (χ1) is 12.0. The predicted molar refractivity (Wildman–Crippen MR) is 97.6 cm³/mol. The smallest absolute Gasteiger partial charge is 0.243 e. The maximum Gasteiger partial charge on any atom is 0.243 e. The number of piperidine rings is 1. The first kappa shape index (κ1) is 18.8. The maximum absolute atomic E-state index is 12.8. The van der Waals surface area contributed by atoms with Gasteiger partial charge in [0, 0.05) is 36.6 Å². The molecule has 25 heavy (non-hydrogen) atoms. The Bertz CT molecular complexity index is 702. The van der Waals surface area contributed by atoms with Crippen molar-refractivity contribution in [2.45, 2.75) is 24.2 Å². The third kappa shape index (κ3) is 4.61. The largest absolute Gasteiger partial charge is 0.381 e. The van der Waals surface area contributed by atoms with Crippen LogP contribution in [-0.4, -0.2) is 51.5 Å². The lowest BCUT2D eigenvalue weighted by Gasteiger charge is -2.31. The van der Waals surface area contributed by atoms with Gasteiger partial charge in [-0.05, 0) is 43.5 Å². The van der Waals surface area contributed by atoms with Crippen molar-refractivity contribution in [1.29, 1.82) is 0 Å². The molecule has 0 bridgehead atoms. The zero-order valence-corrected chi connectivity index (χ0v) is 16.4. The van der Waals surface area contributed by atoms with E-state index in [0.29, 0.717) is 32.0 Å². The number of sulfonamides is 1. The topological polar surface area (TPSA) is 75.7 Å². The third-order valence-electron chi connectivity index (χ3n) is 4.80. The molecule has 0 spiro atoms. The Morgan fingerprint density at radius 2 is 2.04 bits per heavy atom. The van der Waals surface area contributed by atoms with Crippen LogP contribution in [0.5, 0.6) is 0 Å². The summed E-state index contributed by atoms with van der Waals surface area (Å²) < 4.78 is 33.2. The van der Waals surface area contributed by atoms with Crippen LogP contribution in [0, 0.1) is 11.8 Å². The molecule has 2 aliphatic rings. The average molecular weight is 431 g/mol. The van der Waals surface area contributed by atoms with Gasteiger partial charge in [-0.2, -0.15) is 4.31 Å². The number of carbonyl (C=O) groups excluding carboxylic acids is 1. The molecule has 2 atom stereocenters. The van der Waals surface area contributed by atoms with Crippen LogP contribution in [0.2, 0.25) is 0 Å². The fourth-order valence-corrected chi connectivity index (χ4v) is 5.05. The fourth-order valence-electron chi connectivity index (χ4n) is 3.26. The number of rotatable bonds is 5. The number of hydrogen-bond donors (Lipinski definition) is 1. The van der Waals surface area contributed by atoms with Crippen LogP contribution in [0.1, 0.15) is 19.3 Å². The molecule has 1 aromatic carbocycles. The molecule has 2 aliphatic heterocycles. The second kappa shape index (κ2) is 8.16. The van der Waals surface area contributed by atoms with Crippen molar-refractivity contribution in [1.82, 2.24) is 9.62 Å². The number of amides is 1. The first-order valence-corrected chi connectivity index (χ1v) is 10.8.